The number of carbonyl (C=O) groups excluding carboxylic acids is 1. The van der Waals surface area contributed by atoms with Crippen molar-refractivity contribution in [3.05, 3.63) is 41.2 Å². The minimum atomic E-state index is -4.52. The van der Waals surface area contributed by atoms with Gasteiger partial charge in [0.25, 0.3) is 0 Å². The third kappa shape index (κ3) is 5.03. The van der Waals surface area contributed by atoms with E-state index in [1.165, 1.54) is 30.0 Å². The molecule has 0 aliphatic rings. The molecule has 2 rings (SSSR count). The van der Waals surface area contributed by atoms with E-state index in [1.54, 1.807) is 0 Å². The van der Waals surface area contributed by atoms with E-state index >= 15 is 0 Å². The van der Waals surface area contributed by atoms with E-state index in [0.29, 0.717) is 11.1 Å². The molecule has 1 heterocycles. The van der Waals surface area contributed by atoms with Crippen molar-refractivity contribution in [1.29, 1.82) is 0 Å². The molecule has 0 spiro atoms. The fourth-order valence-corrected chi connectivity index (χ4v) is 3.37. The number of aryl methyl sites for hydroxylation is 1. The van der Waals surface area contributed by atoms with Crippen molar-refractivity contribution in [3.8, 4) is 0 Å². The number of carbonyl (C=O) groups is 1. The van der Waals surface area contributed by atoms with Crippen molar-refractivity contribution >= 4 is 23.4 Å². The molecule has 1 aromatic heterocycles. The number of benzene rings is 1. The summed E-state index contributed by atoms with van der Waals surface area (Å²) in [4.78, 5) is 16.6. The summed E-state index contributed by atoms with van der Waals surface area (Å²) in [5, 5.41) is 3.05. The summed E-state index contributed by atoms with van der Waals surface area (Å²) in [5.74, 6) is -0.101. The second-order valence-corrected chi connectivity index (χ2v) is 7.39. The van der Waals surface area contributed by atoms with Gasteiger partial charge in [-0.25, -0.2) is 4.98 Å². The number of nitrogens with zero attached hydrogens (tertiary/aromatic N) is 2. The second-order valence-electron chi connectivity index (χ2n) is 6.45. The van der Waals surface area contributed by atoms with Crippen LogP contribution in [0, 0.1) is 19.8 Å². The number of anilines is 1. The van der Waals surface area contributed by atoms with Gasteiger partial charge < -0.3 is 9.88 Å². The zero-order valence-electron chi connectivity index (χ0n) is 15.1. The number of imidazole rings is 1. The highest BCUT2D eigenvalue weighted by Gasteiger charge is 2.33. The molecule has 0 saturated heterocycles. The summed E-state index contributed by atoms with van der Waals surface area (Å²) in [5.41, 5.74) is 0.829. The topological polar surface area (TPSA) is 46.9 Å². The van der Waals surface area contributed by atoms with E-state index in [1.807, 2.05) is 18.4 Å². The largest absolute Gasteiger partial charge is 0.418 e. The van der Waals surface area contributed by atoms with E-state index in [9.17, 15) is 18.0 Å². The van der Waals surface area contributed by atoms with Crippen LogP contribution in [0.15, 0.2) is 29.4 Å². The van der Waals surface area contributed by atoms with E-state index in [4.69, 9.17) is 0 Å². The molecular formula is C18H22F3N3OS. The number of amides is 1. The highest BCUT2D eigenvalue weighted by molar-refractivity contribution is 7.99. The fraction of sp³-hybridized carbons (Fsp3) is 0.444. The van der Waals surface area contributed by atoms with Gasteiger partial charge in [0.2, 0.25) is 5.91 Å². The zero-order chi connectivity index (χ0) is 19.5. The lowest BCUT2D eigenvalue weighted by Gasteiger charge is -2.14. The number of hydrogen-bond acceptors (Lipinski definition) is 3. The fourth-order valence-electron chi connectivity index (χ4n) is 2.47. The van der Waals surface area contributed by atoms with Crippen LogP contribution in [0.3, 0.4) is 0 Å². The number of nitrogens with one attached hydrogen (secondary N) is 1. The average molecular weight is 385 g/mol. The third-order valence-electron chi connectivity index (χ3n) is 3.81. The van der Waals surface area contributed by atoms with Gasteiger partial charge in [-0.3, -0.25) is 4.79 Å². The molecule has 8 heteroatoms. The number of rotatable bonds is 6. The molecule has 0 radical (unpaired) electrons. The van der Waals surface area contributed by atoms with Gasteiger partial charge in [-0.05, 0) is 31.9 Å². The number of hydrogen-bond donors (Lipinski definition) is 1. The van der Waals surface area contributed by atoms with Gasteiger partial charge in [0, 0.05) is 12.2 Å². The normalized spacial score (nSPS) is 11.8. The summed E-state index contributed by atoms with van der Waals surface area (Å²) in [7, 11) is 0. The van der Waals surface area contributed by atoms with Gasteiger partial charge >= 0.3 is 6.18 Å². The van der Waals surface area contributed by atoms with Crippen molar-refractivity contribution in [2.75, 3.05) is 11.1 Å². The Kier molecular flexibility index (Phi) is 6.39. The number of thioether (sulfide) groups is 1. The molecule has 0 aliphatic heterocycles. The predicted molar refractivity (Wildman–Crippen MR) is 97.3 cm³/mol. The van der Waals surface area contributed by atoms with Crippen LogP contribution in [0.1, 0.15) is 30.8 Å². The smallest absolute Gasteiger partial charge is 0.325 e. The molecule has 0 fully saturated rings. The van der Waals surface area contributed by atoms with Crippen molar-refractivity contribution in [3.63, 3.8) is 0 Å². The van der Waals surface area contributed by atoms with Crippen molar-refractivity contribution in [1.82, 2.24) is 9.55 Å². The van der Waals surface area contributed by atoms with Crippen LogP contribution in [0.5, 0.6) is 0 Å². The molecule has 0 saturated carbocycles. The quantitative estimate of drug-likeness (QED) is 0.719. The lowest BCUT2D eigenvalue weighted by Crippen LogP contribution is -2.18. The first-order chi connectivity index (χ1) is 12.1. The molecule has 0 bridgehead atoms. The van der Waals surface area contributed by atoms with Crippen molar-refractivity contribution < 1.29 is 18.0 Å². The van der Waals surface area contributed by atoms with Crippen LogP contribution in [0.4, 0.5) is 18.9 Å². The standard InChI is InChI=1S/C18H22F3N3OS/c1-11(2)9-24-13(4)12(3)22-17(24)26-10-16(25)23-15-8-6-5-7-14(15)18(19,20)21/h5-8,11H,9-10H2,1-4H3,(H,23,25). The maximum Gasteiger partial charge on any atom is 0.418 e. The van der Waals surface area contributed by atoms with Crippen LogP contribution >= 0.6 is 11.8 Å². The second kappa shape index (κ2) is 8.16. The van der Waals surface area contributed by atoms with Gasteiger partial charge in [-0.15, -0.1) is 0 Å². The van der Waals surface area contributed by atoms with Crippen LogP contribution in [0.2, 0.25) is 0 Å². The summed E-state index contributed by atoms with van der Waals surface area (Å²) >= 11 is 1.22. The van der Waals surface area contributed by atoms with E-state index < -0.39 is 17.6 Å². The van der Waals surface area contributed by atoms with E-state index in [2.05, 4.69) is 24.1 Å². The van der Waals surface area contributed by atoms with Crippen LogP contribution in [0.25, 0.3) is 0 Å². The molecule has 1 aromatic carbocycles. The number of para-hydroxylation sites is 1. The lowest BCUT2D eigenvalue weighted by molar-refractivity contribution is -0.137. The first kappa shape index (κ1) is 20.4. The first-order valence-corrected chi connectivity index (χ1v) is 9.20. The molecule has 0 unspecified atom stereocenters. The maximum absolute atomic E-state index is 13.0. The zero-order valence-corrected chi connectivity index (χ0v) is 16.0. The molecule has 26 heavy (non-hydrogen) atoms. The van der Waals surface area contributed by atoms with Crippen LogP contribution in [-0.4, -0.2) is 21.2 Å². The van der Waals surface area contributed by atoms with Gasteiger partial charge in [0.1, 0.15) is 0 Å². The van der Waals surface area contributed by atoms with Gasteiger partial charge in [0.15, 0.2) is 5.16 Å². The van der Waals surface area contributed by atoms with Crippen molar-refractivity contribution in [2.24, 2.45) is 5.92 Å². The molecule has 4 nitrogen and oxygen atoms in total. The predicted octanol–water partition coefficient (Wildman–Crippen LogP) is 4.91. The number of aromatic nitrogens is 2. The highest BCUT2D eigenvalue weighted by Crippen LogP contribution is 2.34. The average Bonchev–Trinajstić information content (AvgIpc) is 2.80. The van der Waals surface area contributed by atoms with Gasteiger partial charge in [-0.1, -0.05) is 37.7 Å². The van der Waals surface area contributed by atoms with Gasteiger partial charge in [-0.2, -0.15) is 13.2 Å². The Morgan fingerprint density at radius 1 is 1.27 bits per heavy atom. The summed E-state index contributed by atoms with van der Waals surface area (Å²) in [6.45, 7) is 8.81. The monoisotopic (exact) mass is 385 g/mol. The minimum Gasteiger partial charge on any atom is -0.325 e. The minimum absolute atomic E-state index is 0.0137. The number of alkyl halides is 3. The molecular weight excluding hydrogens is 363 g/mol. The molecule has 1 N–H and O–H groups in total. The van der Waals surface area contributed by atoms with Crippen LogP contribution in [-0.2, 0) is 17.5 Å². The number of halogens is 3. The summed E-state index contributed by atoms with van der Waals surface area (Å²) in [6, 6.07) is 4.95. The highest BCUT2D eigenvalue weighted by atomic mass is 32.2. The molecule has 0 aliphatic carbocycles. The molecule has 0 atom stereocenters. The first-order valence-electron chi connectivity index (χ1n) is 8.22. The van der Waals surface area contributed by atoms with E-state index in [0.717, 1.165) is 24.0 Å². The van der Waals surface area contributed by atoms with Crippen LogP contribution < -0.4 is 5.32 Å². The Bertz CT molecular complexity index is 784. The Labute approximate surface area is 155 Å². The third-order valence-corrected chi connectivity index (χ3v) is 4.79. The van der Waals surface area contributed by atoms with Crippen molar-refractivity contribution in [2.45, 2.75) is 45.6 Å². The SMILES string of the molecule is Cc1nc(SCC(=O)Nc2ccccc2C(F)(F)F)n(CC(C)C)c1C. The Morgan fingerprint density at radius 2 is 1.92 bits per heavy atom. The maximum atomic E-state index is 13.0. The molecule has 142 valence electrons. The van der Waals surface area contributed by atoms with Gasteiger partial charge in [0.05, 0.1) is 22.7 Å². The lowest BCUT2D eigenvalue weighted by atomic mass is 10.1. The summed E-state index contributed by atoms with van der Waals surface area (Å²) in [6.07, 6.45) is -4.52. The molecule has 1 amide bonds. The molecule has 2 aromatic rings. The van der Waals surface area contributed by atoms with E-state index in [-0.39, 0.29) is 11.4 Å². The Hall–Kier alpha value is -1.96. The Morgan fingerprint density at radius 3 is 2.54 bits per heavy atom. The summed E-state index contributed by atoms with van der Waals surface area (Å²) < 4.78 is 41.0. The Balaban J connectivity index is 2.08.